The standard InChI is InChI=1S/C14H15F3N4O/c1-9-18-4-5-21(9)12-3-2-10(6-11(12)15)7-19-14(22)20-8-13(16)17/h2-6,13H,7-8H2,1H3,(H2,19,20,22). The van der Waals surface area contributed by atoms with Gasteiger partial charge in [-0.2, -0.15) is 0 Å². The van der Waals surface area contributed by atoms with Crippen molar-refractivity contribution in [3.8, 4) is 5.69 Å². The molecule has 0 aliphatic heterocycles. The average molecular weight is 312 g/mol. The van der Waals surface area contributed by atoms with Crippen LogP contribution in [0.2, 0.25) is 0 Å². The molecule has 5 nitrogen and oxygen atoms in total. The number of aryl methyl sites for hydroxylation is 1. The smallest absolute Gasteiger partial charge is 0.315 e. The first-order chi connectivity index (χ1) is 10.5. The van der Waals surface area contributed by atoms with Gasteiger partial charge in [-0.25, -0.2) is 22.9 Å². The molecule has 22 heavy (non-hydrogen) atoms. The Balaban J connectivity index is 1.98. The van der Waals surface area contributed by atoms with Crippen LogP contribution in [0.1, 0.15) is 11.4 Å². The third kappa shape index (κ3) is 4.00. The fourth-order valence-electron chi connectivity index (χ4n) is 1.90. The molecule has 2 aromatic rings. The van der Waals surface area contributed by atoms with Gasteiger partial charge in [-0.3, -0.25) is 0 Å². The molecule has 2 rings (SSSR count). The summed E-state index contributed by atoms with van der Waals surface area (Å²) in [6.45, 7) is 1.07. The Morgan fingerprint density at radius 1 is 1.36 bits per heavy atom. The van der Waals surface area contributed by atoms with Crippen LogP contribution >= 0.6 is 0 Å². The highest BCUT2D eigenvalue weighted by Crippen LogP contribution is 2.16. The van der Waals surface area contributed by atoms with Crippen LogP contribution in [0.3, 0.4) is 0 Å². The van der Waals surface area contributed by atoms with Gasteiger partial charge in [-0.1, -0.05) is 6.07 Å². The molecule has 8 heteroatoms. The van der Waals surface area contributed by atoms with Crippen LogP contribution in [0.25, 0.3) is 5.69 Å². The summed E-state index contributed by atoms with van der Waals surface area (Å²) >= 11 is 0. The number of halogens is 3. The second-order valence-electron chi connectivity index (χ2n) is 4.58. The Bertz CT molecular complexity index is 657. The summed E-state index contributed by atoms with van der Waals surface area (Å²) in [5.41, 5.74) is 0.868. The van der Waals surface area contributed by atoms with Crippen molar-refractivity contribution in [3.63, 3.8) is 0 Å². The second-order valence-corrected chi connectivity index (χ2v) is 4.58. The van der Waals surface area contributed by atoms with Crippen molar-refractivity contribution >= 4 is 6.03 Å². The Labute approximate surface area is 125 Å². The van der Waals surface area contributed by atoms with Gasteiger partial charge in [0.05, 0.1) is 12.2 Å². The van der Waals surface area contributed by atoms with E-state index < -0.39 is 24.8 Å². The number of alkyl halides is 2. The van der Waals surface area contributed by atoms with Crippen LogP contribution in [-0.4, -0.2) is 28.6 Å². The Hall–Kier alpha value is -2.51. The minimum atomic E-state index is -2.61. The largest absolute Gasteiger partial charge is 0.334 e. The van der Waals surface area contributed by atoms with Crippen molar-refractivity contribution in [2.45, 2.75) is 19.9 Å². The van der Waals surface area contributed by atoms with Gasteiger partial charge in [0.1, 0.15) is 11.6 Å². The Kier molecular flexibility index (Phi) is 5.03. The third-order valence-electron chi connectivity index (χ3n) is 2.97. The highest BCUT2D eigenvalue weighted by molar-refractivity contribution is 5.73. The molecule has 0 saturated heterocycles. The topological polar surface area (TPSA) is 59.0 Å². The summed E-state index contributed by atoms with van der Waals surface area (Å²) in [5, 5.41) is 4.38. The summed E-state index contributed by atoms with van der Waals surface area (Å²) in [6.07, 6.45) is 0.599. The molecule has 0 bridgehead atoms. The first-order valence-electron chi connectivity index (χ1n) is 6.56. The van der Waals surface area contributed by atoms with Gasteiger partial charge in [-0.15, -0.1) is 0 Å². The summed E-state index contributed by atoms with van der Waals surface area (Å²) in [5.74, 6) is 0.185. The van der Waals surface area contributed by atoms with E-state index in [1.54, 1.807) is 36.0 Å². The van der Waals surface area contributed by atoms with E-state index in [0.717, 1.165) is 0 Å². The van der Waals surface area contributed by atoms with Crippen LogP contribution in [0.5, 0.6) is 0 Å². The highest BCUT2D eigenvalue weighted by Gasteiger charge is 2.09. The number of amides is 2. The molecule has 0 aliphatic rings. The normalized spacial score (nSPS) is 10.8. The molecule has 0 radical (unpaired) electrons. The summed E-state index contributed by atoms with van der Waals surface area (Å²) in [4.78, 5) is 15.3. The van der Waals surface area contributed by atoms with E-state index in [9.17, 15) is 18.0 Å². The van der Waals surface area contributed by atoms with Crippen molar-refractivity contribution in [2.24, 2.45) is 0 Å². The van der Waals surface area contributed by atoms with Gasteiger partial charge >= 0.3 is 6.03 Å². The Morgan fingerprint density at radius 2 is 2.14 bits per heavy atom. The molecular weight excluding hydrogens is 297 g/mol. The third-order valence-corrected chi connectivity index (χ3v) is 2.97. The fraction of sp³-hybridized carbons (Fsp3) is 0.286. The number of carbonyl (C=O) groups is 1. The lowest BCUT2D eigenvalue weighted by Gasteiger charge is -2.10. The summed E-state index contributed by atoms with van der Waals surface area (Å²) < 4.78 is 39.5. The quantitative estimate of drug-likeness (QED) is 0.890. The van der Waals surface area contributed by atoms with Crippen LogP contribution in [-0.2, 0) is 6.54 Å². The first kappa shape index (κ1) is 15.9. The molecule has 0 fully saturated rings. The monoisotopic (exact) mass is 312 g/mol. The predicted octanol–water partition coefficient (Wildman–Crippen LogP) is 2.38. The minimum absolute atomic E-state index is 0.0369. The zero-order chi connectivity index (χ0) is 16.1. The molecule has 1 aromatic carbocycles. The molecule has 1 aromatic heterocycles. The molecule has 118 valence electrons. The van der Waals surface area contributed by atoms with Crippen molar-refractivity contribution in [3.05, 3.63) is 47.8 Å². The van der Waals surface area contributed by atoms with E-state index in [-0.39, 0.29) is 6.54 Å². The first-order valence-corrected chi connectivity index (χ1v) is 6.56. The Morgan fingerprint density at radius 3 is 2.73 bits per heavy atom. The lowest BCUT2D eigenvalue weighted by Crippen LogP contribution is -2.37. The van der Waals surface area contributed by atoms with E-state index in [2.05, 4.69) is 10.3 Å². The number of benzene rings is 1. The molecular formula is C14H15F3N4O. The van der Waals surface area contributed by atoms with Crippen LogP contribution in [0, 0.1) is 12.7 Å². The maximum absolute atomic E-state index is 14.1. The van der Waals surface area contributed by atoms with Crippen molar-refractivity contribution in [1.82, 2.24) is 20.2 Å². The molecule has 2 N–H and O–H groups in total. The molecule has 0 unspecified atom stereocenters. The zero-order valence-electron chi connectivity index (χ0n) is 11.8. The predicted molar refractivity (Wildman–Crippen MR) is 74.5 cm³/mol. The zero-order valence-corrected chi connectivity index (χ0v) is 11.8. The van der Waals surface area contributed by atoms with E-state index in [1.165, 1.54) is 6.07 Å². The molecule has 0 atom stereocenters. The lowest BCUT2D eigenvalue weighted by atomic mass is 10.2. The SMILES string of the molecule is Cc1nccn1-c1ccc(CNC(=O)NCC(F)F)cc1F. The number of rotatable bonds is 5. The number of carbonyl (C=O) groups excluding carboxylic acids is 1. The number of nitrogens with zero attached hydrogens (tertiary/aromatic N) is 2. The van der Waals surface area contributed by atoms with E-state index >= 15 is 0 Å². The van der Waals surface area contributed by atoms with Gasteiger partial charge in [0.15, 0.2) is 0 Å². The molecule has 2 amide bonds. The van der Waals surface area contributed by atoms with Gasteiger partial charge < -0.3 is 15.2 Å². The maximum Gasteiger partial charge on any atom is 0.315 e. The van der Waals surface area contributed by atoms with Crippen LogP contribution < -0.4 is 10.6 Å². The molecule has 0 saturated carbocycles. The minimum Gasteiger partial charge on any atom is -0.334 e. The van der Waals surface area contributed by atoms with Gasteiger partial charge in [0, 0.05) is 18.9 Å². The van der Waals surface area contributed by atoms with Crippen LogP contribution in [0.4, 0.5) is 18.0 Å². The fourth-order valence-corrected chi connectivity index (χ4v) is 1.90. The number of hydrogen-bond acceptors (Lipinski definition) is 2. The van der Waals surface area contributed by atoms with Gasteiger partial charge in [0.25, 0.3) is 6.43 Å². The van der Waals surface area contributed by atoms with Gasteiger partial charge in [0.2, 0.25) is 0 Å². The summed E-state index contributed by atoms with van der Waals surface area (Å²) in [6, 6.07) is 3.76. The van der Waals surface area contributed by atoms with Crippen molar-refractivity contribution in [2.75, 3.05) is 6.54 Å². The summed E-state index contributed by atoms with van der Waals surface area (Å²) in [7, 11) is 0. The number of nitrogens with one attached hydrogen (secondary N) is 2. The van der Waals surface area contributed by atoms with E-state index in [1.807, 2.05) is 5.32 Å². The van der Waals surface area contributed by atoms with Gasteiger partial charge in [-0.05, 0) is 24.6 Å². The maximum atomic E-state index is 14.1. The number of urea groups is 1. The number of hydrogen-bond donors (Lipinski definition) is 2. The number of imidazole rings is 1. The average Bonchev–Trinajstić information content (AvgIpc) is 2.89. The van der Waals surface area contributed by atoms with Crippen LogP contribution in [0.15, 0.2) is 30.6 Å². The van der Waals surface area contributed by atoms with Crippen molar-refractivity contribution < 1.29 is 18.0 Å². The molecule has 1 heterocycles. The molecule has 0 spiro atoms. The van der Waals surface area contributed by atoms with E-state index in [4.69, 9.17) is 0 Å². The number of aromatic nitrogens is 2. The van der Waals surface area contributed by atoms with Crippen molar-refractivity contribution in [1.29, 1.82) is 0 Å². The lowest BCUT2D eigenvalue weighted by molar-refractivity contribution is 0.146. The molecule has 0 aliphatic carbocycles. The second kappa shape index (κ2) is 6.97. The van der Waals surface area contributed by atoms with E-state index in [0.29, 0.717) is 17.1 Å². The highest BCUT2D eigenvalue weighted by atomic mass is 19.3.